The van der Waals surface area contributed by atoms with Gasteiger partial charge in [0.05, 0.1) is 11.8 Å². The average molecular weight is 258 g/mol. The molecule has 19 heavy (non-hydrogen) atoms. The Labute approximate surface area is 114 Å². The number of benzene rings is 1. The summed E-state index contributed by atoms with van der Waals surface area (Å²) >= 11 is 0. The van der Waals surface area contributed by atoms with Crippen molar-refractivity contribution in [2.75, 3.05) is 0 Å². The van der Waals surface area contributed by atoms with Gasteiger partial charge >= 0.3 is 0 Å². The van der Waals surface area contributed by atoms with Crippen molar-refractivity contribution in [1.29, 1.82) is 0 Å². The zero-order chi connectivity index (χ0) is 14.0. The molecule has 2 rings (SSSR count). The monoisotopic (exact) mass is 258 g/mol. The number of aryl methyl sites for hydroxylation is 3. The molecule has 0 saturated carbocycles. The van der Waals surface area contributed by atoms with E-state index in [-0.39, 0.29) is 0 Å². The van der Waals surface area contributed by atoms with E-state index in [9.17, 15) is 5.11 Å². The summed E-state index contributed by atoms with van der Waals surface area (Å²) in [6.07, 6.45) is 4.42. The molecule has 0 spiro atoms. The van der Waals surface area contributed by atoms with Crippen LogP contribution in [0.1, 0.15) is 36.1 Å². The molecule has 0 radical (unpaired) electrons. The highest BCUT2D eigenvalue weighted by Gasteiger charge is 2.26. The van der Waals surface area contributed by atoms with Gasteiger partial charge in [0, 0.05) is 19.2 Å². The maximum Gasteiger partial charge on any atom is 0.0912 e. The number of nitrogens with zero attached hydrogens (tertiary/aromatic N) is 2. The van der Waals surface area contributed by atoms with Gasteiger partial charge in [0.15, 0.2) is 0 Å². The average Bonchev–Trinajstić information content (AvgIpc) is 2.79. The lowest BCUT2D eigenvalue weighted by atomic mass is 9.86. The normalized spacial score (nSPS) is 14.4. The maximum absolute atomic E-state index is 10.8. The maximum atomic E-state index is 10.8. The van der Waals surface area contributed by atoms with Gasteiger partial charge in [-0.25, -0.2) is 0 Å². The molecule has 0 aliphatic carbocycles. The first-order valence-electron chi connectivity index (χ1n) is 6.74. The van der Waals surface area contributed by atoms with E-state index in [0.717, 1.165) is 23.2 Å². The zero-order valence-electron chi connectivity index (χ0n) is 12.1. The first-order valence-corrected chi connectivity index (χ1v) is 6.74. The fraction of sp³-hybridized carbons (Fsp3) is 0.438. The van der Waals surface area contributed by atoms with Crippen LogP contribution in [0.3, 0.4) is 0 Å². The number of aliphatic hydroxyl groups is 1. The van der Waals surface area contributed by atoms with E-state index in [0.29, 0.717) is 6.42 Å². The van der Waals surface area contributed by atoms with E-state index in [1.54, 1.807) is 0 Å². The predicted molar refractivity (Wildman–Crippen MR) is 77.1 cm³/mol. The number of hydrogen-bond acceptors (Lipinski definition) is 2. The minimum absolute atomic E-state index is 0.581. The molecule has 1 aromatic heterocycles. The molecule has 1 aromatic carbocycles. The third-order valence-electron chi connectivity index (χ3n) is 3.53. The molecule has 3 heteroatoms. The van der Waals surface area contributed by atoms with Crippen molar-refractivity contribution in [2.24, 2.45) is 0 Å². The van der Waals surface area contributed by atoms with Crippen molar-refractivity contribution >= 4 is 0 Å². The topological polar surface area (TPSA) is 38.0 Å². The van der Waals surface area contributed by atoms with Crippen LogP contribution in [0.4, 0.5) is 0 Å². The summed E-state index contributed by atoms with van der Waals surface area (Å²) in [7, 11) is 0. The summed E-state index contributed by atoms with van der Waals surface area (Å²) in [4.78, 5) is 0. The van der Waals surface area contributed by atoms with Crippen molar-refractivity contribution in [3.05, 3.63) is 52.8 Å². The molecule has 1 heterocycles. The Balaban J connectivity index is 2.28. The highest BCUT2D eigenvalue weighted by Crippen LogP contribution is 2.28. The third-order valence-corrected chi connectivity index (χ3v) is 3.53. The van der Waals surface area contributed by atoms with E-state index in [4.69, 9.17) is 0 Å². The first kappa shape index (κ1) is 13.8. The molecule has 0 saturated heterocycles. The predicted octanol–water partition coefficient (Wildman–Crippen LogP) is 2.97. The summed E-state index contributed by atoms with van der Waals surface area (Å²) in [5.74, 6) is 0. The molecule has 1 unspecified atom stereocenters. The van der Waals surface area contributed by atoms with Crippen LogP contribution in [0.5, 0.6) is 0 Å². The standard InChI is InChI=1S/C16H22N2O/c1-5-18-11-14(10-17-18)9-16(4,19)15-8-12(2)6-7-13(15)3/h6-8,10-11,19H,5,9H2,1-4H3. The Bertz CT molecular complexity index is 570. The molecule has 1 atom stereocenters. The molecule has 0 bridgehead atoms. The Morgan fingerprint density at radius 1 is 1.32 bits per heavy atom. The SMILES string of the molecule is CCn1cc(CC(C)(O)c2cc(C)ccc2C)cn1. The number of rotatable bonds is 4. The van der Waals surface area contributed by atoms with Crippen LogP contribution in [-0.2, 0) is 18.6 Å². The van der Waals surface area contributed by atoms with Crippen LogP contribution in [0.15, 0.2) is 30.6 Å². The molecule has 2 aromatic rings. The van der Waals surface area contributed by atoms with Crippen LogP contribution >= 0.6 is 0 Å². The van der Waals surface area contributed by atoms with Crippen LogP contribution in [0.25, 0.3) is 0 Å². The Kier molecular flexibility index (Phi) is 3.76. The Morgan fingerprint density at radius 2 is 2.05 bits per heavy atom. The highest BCUT2D eigenvalue weighted by atomic mass is 16.3. The first-order chi connectivity index (χ1) is 8.92. The molecular weight excluding hydrogens is 236 g/mol. The van der Waals surface area contributed by atoms with Crippen molar-refractivity contribution in [2.45, 2.75) is 46.3 Å². The lowest BCUT2D eigenvalue weighted by Crippen LogP contribution is -2.25. The molecule has 0 aliphatic rings. The smallest absolute Gasteiger partial charge is 0.0912 e. The second kappa shape index (κ2) is 5.17. The lowest BCUT2D eigenvalue weighted by Gasteiger charge is -2.25. The van der Waals surface area contributed by atoms with Crippen LogP contribution in [0, 0.1) is 13.8 Å². The molecular formula is C16H22N2O. The number of aromatic nitrogens is 2. The Morgan fingerprint density at radius 3 is 2.68 bits per heavy atom. The summed E-state index contributed by atoms with van der Waals surface area (Å²) in [6, 6.07) is 6.21. The Hall–Kier alpha value is -1.61. The summed E-state index contributed by atoms with van der Waals surface area (Å²) in [5.41, 5.74) is 3.49. The third kappa shape index (κ3) is 3.04. The second-order valence-electron chi connectivity index (χ2n) is 5.47. The minimum atomic E-state index is -0.863. The van der Waals surface area contributed by atoms with E-state index >= 15 is 0 Å². The molecule has 1 N–H and O–H groups in total. The quantitative estimate of drug-likeness (QED) is 0.915. The van der Waals surface area contributed by atoms with Gasteiger partial charge in [-0.05, 0) is 44.4 Å². The molecule has 102 valence electrons. The second-order valence-corrected chi connectivity index (χ2v) is 5.47. The van der Waals surface area contributed by atoms with Gasteiger partial charge in [0.25, 0.3) is 0 Å². The van der Waals surface area contributed by atoms with Crippen LogP contribution in [0.2, 0.25) is 0 Å². The largest absolute Gasteiger partial charge is 0.385 e. The van der Waals surface area contributed by atoms with Crippen molar-refractivity contribution in [3.63, 3.8) is 0 Å². The molecule has 3 nitrogen and oxygen atoms in total. The van der Waals surface area contributed by atoms with E-state index in [1.165, 1.54) is 5.56 Å². The highest BCUT2D eigenvalue weighted by molar-refractivity contribution is 5.35. The minimum Gasteiger partial charge on any atom is -0.385 e. The fourth-order valence-electron chi connectivity index (χ4n) is 2.48. The summed E-state index contributed by atoms with van der Waals surface area (Å²) in [5, 5.41) is 15.0. The van der Waals surface area contributed by atoms with Gasteiger partial charge in [-0.2, -0.15) is 5.10 Å². The van der Waals surface area contributed by atoms with E-state index < -0.39 is 5.60 Å². The van der Waals surface area contributed by atoms with Gasteiger partial charge in [-0.3, -0.25) is 4.68 Å². The summed E-state index contributed by atoms with van der Waals surface area (Å²) in [6.45, 7) is 8.87. The van der Waals surface area contributed by atoms with Gasteiger partial charge in [0.2, 0.25) is 0 Å². The van der Waals surface area contributed by atoms with Gasteiger partial charge in [-0.15, -0.1) is 0 Å². The van der Waals surface area contributed by atoms with Gasteiger partial charge < -0.3 is 5.11 Å². The van der Waals surface area contributed by atoms with Crippen LogP contribution < -0.4 is 0 Å². The lowest BCUT2D eigenvalue weighted by molar-refractivity contribution is 0.0569. The molecule has 0 aliphatic heterocycles. The molecule has 0 fully saturated rings. The van der Waals surface area contributed by atoms with E-state index in [1.807, 2.05) is 37.8 Å². The summed E-state index contributed by atoms with van der Waals surface area (Å²) < 4.78 is 1.88. The molecule has 0 amide bonds. The zero-order valence-corrected chi connectivity index (χ0v) is 12.1. The van der Waals surface area contributed by atoms with E-state index in [2.05, 4.69) is 30.2 Å². The number of hydrogen-bond donors (Lipinski definition) is 1. The fourth-order valence-corrected chi connectivity index (χ4v) is 2.48. The van der Waals surface area contributed by atoms with Gasteiger partial charge in [0.1, 0.15) is 0 Å². The van der Waals surface area contributed by atoms with Crippen LogP contribution in [-0.4, -0.2) is 14.9 Å². The van der Waals surface area contributed by atoms with Crippen molar-refractivity contribution in [1.82, 2.24) is 9.78 Å². The van der Waals surface area contributed by atoms with Crippen molar-refractivity contribution < 1.29 is 5.11 Å². The van der Waals surface area contributed by atoms with Crippen molar-refractivity contribution in [3.8, 4) is 0 Å². The van der Waals surface area contributed by atoms with Gasteiger partial charge in [-0.1, -0.05) is 23.8 Å².